The van der Waals surface area contributed by atoms with Crippen molar-refractivity contribution in [2.45, 2.75) is 45.3 Å². The number of carbonyl (C=O) groups is 1. The average molecular weight is 319 g/mol. The fourth-order valence-electron chi connectivity index (χ4n) is 1.44. The first-order valence-electron chi connectivity index (χ1n) is 6.55. The van der Waals surface area contributed by atoms with Crippen LogP contribution in [0, 0.1) is 5.82 Å². The van der Waals surface area contributed by atoms with Crippen molar-refractivity contribution in [2.24, 2.45) is 0 Å². The lowest BCUT2D eigenvalue weighted by molar-refractivity contribution is 0.0504. The van der Waals surface area contributed by atoms with Crippen LogP contribution >= 0.6 is 11.6 Å². The van der Waals surface area contributed by atoms with Gasteiger partial charge in [-0.25, -0.2) is 14.2 Å². The summed E-state index contributed by atoms with van der Waals surface area (Å²) >= 11 is 5.71. The van der Waals surface area contributed by atoms with E-state index in [0.29, 0.717) is 5.56 Å². The van der Waals surface area contributed by atoms with Gasteiger partial charge in [-0.1, -0.05) is 0 Å². The summed E-state index contributed by atoms with van der Waals surface area (Å²) < 4.78 is 23.7. The second-order valence-corrected chi connectivity index (χ2v) is 5.83. The number of halogens is 2. The van der Waals surface area contributed by atoms with Crippen LogP contribution in [0.1, 0.15) is 33.3 Å². The van der Waals surface area contributed by atoms with E-state index in [-0.39, 0.29) is 24.4 Å². The summed E-state index contributed by atoms with van der Waals surface area (Å²) in [6, 6.07) is 1.27. The predicted octanol–water partition coefficient (Wildman–Crippen LogP) is 3.25. The molecule has 7 heteroatoms. The van der Waals surface area contributed by atoms with Gasteiger partial charge in [-0.15, -0.1) is 11.6 Å². The molecule has 0 bridgehead atoms. The van der Waals surface area contributed by atoms with Gasteiger partial charge in [0.25, 0.3) is 0 Å². The summed E-state index contributed by atoms with van der Waals surface area (Å²) in [5, 5.41) is 2.59. The lowest BCUT2D eigenvalue weighted by Crippen LogP contribution is -2.37. The highest BCUT2D eigenvalue weighted by molar-refractivity contribution is 6.17. The molecule has 1 aromatic rings. The standard InChI is InChI=1S/C14H20ClFN2O3/c1-9(7-18-13(19)21-14(2,3)4)20-12-10(6-15)5-11(16)8-17-12/h5,8-9H,6-7H2,1-4H3,(H,18,19)/t9-/m0/s1. The van der Waals surface area contributed by atoms with Crippen molar-refractivity contribution < 1.29 is 18.7 Å². The predicted molar refractivity (Wildman–Crippen MR) is 78.1 cm³/mol. The number of pyridine rings is 1. The van der Waals surface area contributed by atoms with Crippen LogP contribution in [0.2, 0.25) is 0 Å². The lowest BCUT2D eigenvalue weighted by atomic mass is 10.2. The van der Waals surface area contributed by atoms with Crippen molar-refractivity contribution in [2.75, 3.05) is 6.54 Å². The van der Waals surface area contributed by atoms with Gasteiger partial charge in [0.15, 0.2) is 0 Å². The average Bonchev–Trinajstić information content (AvgIpc) is 2.36. The van der Waals surface area contributed by atoms with Crippen molar-refractivity contribution in [3.8, 4) is 5.88 Å². The molecule has 0 fully saturated rings. The first-order chi connectivity index (χ1) is 9.71. The van der Waals surface area contributed by atoms with E-state index in [1.54, 1.807) is 27.7 Å². The molecule has 0 aliphatic heterocycles. The molecule has 1 atom stereocenters. The Kier molecular flexibility index (Phi) is 6.20. The molecule has 1 heterocycles. The fraction of sp³-hybridized carbons (Fsp3) is 0.571. The molecule has 0 saturated carbocycles. The van der Waals surface area contributed by atoms with Crippen LogP contribution in [0.4, 0.5) is 9.18 Å². The Morgan fingerprint density at radius 1 is 1.52 bits per heavy atom. The number of carbonyl (C=O) groups excluding carboxylic acids is 1. The summed E-state index contributed by atoms with van der Waals surface area (Å²) in [4.78, 5) is 15.4. The summed E-state index contributed by atoms with van der Waals surface area (Å²) in [5.74, 6) is -0.130. The van der Waals surface area contributed by atoms with E-state index in [1.807, 2.05) is 0 Å². The van der Waals surface area contributed by atoms with Crippen LogP contribution in [0.15, 0.2) is 12.3 Å². The van der Waals surface area contributed by atoms with Gasteiger partial charge < -0.3 is 14.8 Å². The Morgan fingerprint density at radius 2 is 2.19 bits per heavy atom. The van der Waals surface area contributed by atoms with Crippen molar-refractivity contribution in [3.63, 3.8) is 0 Å². The third-order valence-corrected chi connectivity index (χ3v) is 2.57. The number of ether oxygens (including phenoxy) is 2. The molecule has 0 radical (unpaired) electrons. The number of alkyl halides is 1. The van der Waals surface area contributed by atoms with E-state index in [9.17, 15) is 9.18 Å². The monoisotopic (exact) mass is 318 g/mol. The Bertz CT molecular complexity index is 492. The Hall–Kier alpha value is -1.56. The minimum absolute atomic E-state index is 0.0896. The maximum absolute atomic E-state index is 13.0. The van der Waals surface area contributed by atoms with E-state index < -0.39 is 17.5 Å². The molecular formula is C14H20ClFN2O3. The highest BCUT2D eigenvalue weighted by atomic mass is 35.5. The number of hydrogen-bond donors (Lipinski definition) is 1. The van der Waals surface area contributed by atoms with Gasteiger partial charge in [-0.2, -0.15) is 0 Å². The third kappa shape index (κ3) is 6.62. The van der Waals surface area contributed by atoms with Crippen LogP contribution in [0.25, 0.3) is 0 Å². The number of alkyl carbamates (subject to hydrolysis) is 1. The van der Waals surface area contributed by atoms with Crippen LogP contribution in [-0.2, 0) is 10.6 Å². The molecule has 0 aliphatic rings. The Morgan fingerprint density at radius 3 is 2.76 bits per heavy atom. The van der Waals surface area contributed by atoms with E-state index in [4.69, 9.17) is 21.1 Å². The van der Waals surface area contributed by atoms with Gasteiger partial charge in [-0.05, 0) is 33.8 Å². The highest BCUT2D eigenvalue weighted by Gasteiger charge is 2.17. The minimum Gasteiger partial charge on any atom is -0.473 e. The molecule has 0 unspecified atom stereocenters. The van der Waals surface area contributed by atoms with Crippen molar-refractivity contribution >= 4 is 17.7 Å². The zero-order valence-electron chi connectivity index (χ0n) is 12.6. The molecule has 0 spiro atoms. The zero-order chi connectivity index (χ0) is 16.0. The summed E-state index contributed by atoms with van der Waals surface area (Å²) in [6.45, 7) is 7.32. The molecule has 1 N–H and O–H groups in total. The first-order valence-corrected chi connectivity index (χ1v) is 7.08. The van der Waals surface area contributed by atoms with Gasteiger partial charge >= 0.3 is 6.09 Å². The van der Waals surface area contributed by atoms with E-state index in [2.05, 4.69) is 10.3 Å². The molecule has 1 amide bonds. The normalized spacial score (nSPS) is 12.7. The van der Waals surface area contributed by atoms with Crippen LogP contribution in [0.3, 0.4) is 0 Å². The van der Waals surface area contributed by atoms with E-state index in [0.717, 1.165) is 6.20 Å². The number of hydrogen-bond acceptors (Lipinski definition) is 4. The lowest BCUT2D eigenvalue weighted by Gasteiger charge is -2.21. The Balaban J connectivity index is 2.51. The SMILES string of the molecule is C[C@@H](CNC(=O)OC(C)(C)C)Oc1ncc(F)cc1CCl. The second kappa shape index (κ2) is 7.45. The van der Waals surface area contributed by atoms with Gasteiger partial charge in [0.2, 0.25) is 5.88 Å². The number of rotatable bonds is 5. The molecule has 0 aromatic carbocycles. The summed E-state index contributed by atoms with van der Waals surface area (Å²) in [5.41, 5.74) is -0.0980. The minimum atomic E-state index is -0.557. The molecule has 0 aliphatic carbocycles. The zero-order valence-corrected chi connectivity index (χ0v) is 13.3. The van der Waals surface area contributed by atoms with Gasteiger partial charge in [0.05, 0.1) is 18.6 Å². The summed E-state index contributed by atoms with van der Waals surface area (Å²) in [6.07, 6.45) is 0.166. The second-order valence-electron chi connectivity index (χ2n) is 5.56. The smallest absolute Gasteiger partial charge is 0.407 e. The number of nitrogens with zero attached hydrogens (tertiary/aromatic N) is 1. The van der Waals surface area contributed by atoms with E-state index >= 15 is 0 Å². The molecular weight excluding hydrogens is 299 g/mol. The van der Waals surface area contributed by atoms with Gasteiger partial charge in [-0.3, -0.25) is 0 Å². The topological polar surface area (TPSA) is 60.5 Å². The third-order valence-electron chi connectivity index (χ3n) is 2.28. The molecule has 5 nitrogen and oxygen atoms in total. The largest absolute Gasteiger partial charge is 0.473 e. The van der Waals surface area contributed by atoms with Gasteiger partial charge in [0, 0.05) is 5.56 Å². The van der Waals surface area contributed by atoms with Crippen LogP contribution in [-0.4, -0.2) is 29.3 Å². The molecule has 1 rings (SSSR count). The van der Waals surface area contributed by atoms with Gasteiger partial charge in [0.1, 0.15) is 17.5 Å². The molecule has 118 valence electrons. The quantitative estimate of drug-likeness (QED) is 0.847. The molecule has 0 saturated heterocycles. The number of nitrogens with one attached hydrogen (secondary N) is 1. The number of amides is 1. The van der Waals surface area contributed by atoms with Crippen molar-refractivity contribution in [1.82, 2.24) is 10.3 Å². The maximum atomic E-state index is 13.0. The highest BCUT2D eigenvalue weighted by Crippen LogP contribution is 2.19. The van der Waals surface area contributed by atoms with E-state index in [1.165, 1.54) is 6.07 Å². The fourth-order valence-corrected chi connectivity index (χ4v) is 1.64. The van der Waals surface area contributed by atoms with Crippen molar-refractivity contribution in [3.05, 3.63) is 23.6 Å². The number of aromatic nitrogens is 1. The molecule has 21 heavy (non-hydrogen) atoms. The van der Waals surface area contributed by atoms with Crippen LogP contribution < -0.4 is 10.1 Å². The Labute approximate surface area is 128 Å². The van der Waals surface area contributed by atoms with Crippen LogP contribution in [0.5, 0.6) is 5.88 Å². The van der Waals surface area contributed by atoms with Crippen molar-refractivity contribution in [1.29, 1.82) is 0 Å². The molecule has 1 aromatic heterocycles. The first kappa shape index (κ1) is 17.5. The summed E-state index contributed by atoms with van der Waals surface area (Å²) in [7, 11) is 0. The maximum Gasteiger partial charge on any atom is 0.407 e.